The topological polar surface area (TPSA) is 26.0 Å². The monoisotopic (exact) mass is 201 g/mol. The molecule has 51 valence electrons. The predicted octanol–water partition coefficient (Wildman–Crippen LogP) is 1.34. The Morgan fingerprint density at radius 1 is 1.56 bits per heavy atom. The average Bonchev–Trinajstić information content (AvgIpc) is 1.85. The van der Waals surface area contributed by atoms with Crippen molar-refractivity contribution in [3.63, 3.8) is 0 Å². The molecule has 1 saturated carbocycles. The van der Waals surface area contributed by atoms with Gasteiger partial charge in [0.2, 0.25) is 0 Å². The van der Waals surface area contributed by atoms with Crippen molar-refractivity contribution in [3.8, 4) is 0 Å². The third-order valence-corrected chi connectivity index (χ3v) is 2.08. The molecule has 0 heterocycles. The van der Waals surface area contributed by atoms with Crippen LogP contribution in [0.2, 0.25) is 0 Å². The summed E-state index contributed by atoms with van der Waals surface area (Å²) >= 11 is 0. The van der Waals surface area contributed by atoms with Crippen LogP contribution < -0.4 is 5.73 Å². The van der Waals surface area contributed by atoms with Crippen molar-refractivity contribution in [1.29, 1.82) is 0 Å². The first-order valence-corrected chi connectivity index (χ1v) is 3.28. The van der Waals surface area contributed by atoms with E-state index in [2.05, 4.69) is 13.8 Å². The SMILES string of the molecule is C[C-]1CC(N)CC1C.[Y]. The molecule has 0 aromatic rings. The number of hydrogen-bond donors (Lipinski definition) is 1. The van der Waals surface area contributed by atoms with Crippen molar-refractivity contribution in [1.82, 2.24) is 0 Å². The maximum atomic E-state index is 5.69. The van der Waals surface area contributed by atoms with E-state index in [4.69, 9.17) is 5.73 Å². The number of nitrogens with two attached hydrogens (primary N) is 1. The van der Waals surface area contributed by atoms with Crippen molar-refractivity contribution in [2.45, 2.75) is 32.7 Å². The van der Waals surface area contributed by atoms with Gasteiger partial charge in [0.15, 0.2) is 0 Å². The van der Waals surface area contributed by atoms with E-state index in [9.17, 15) is 0 Å². The first-order chi connectivity index (χ1) is 3.70. The van der Waals surface area contributed by atoms with E-state index in [0.717, 1.165) is 12.3 Å². The Balaban J connectivity index is 0.000000640. The zero-order valence-electron chi connectivity index (χ0n) is 6.22. The van der Waals surface area contributed by atoms with Gasteiger partial charge in [-0.3, -0.25) is 0 Å². The molecule has 0 spiro atoms. The smallest absolute Gasteiger partial charge is 0 e. The quantitative estimate of drug-likeness (QED) is 0.588. The zero-order valence-corrected chi connectivity index (χ0v) is 9.06. The van der Waals surface area contributed by atoms with E-state index in [-0.39, 0.29) is 32.7 Å². The molecule has 2 N–H and O–H groups in total. The van der Waals surface area contributed by atoms with Gasteiger partial charge in [-0.2, -0.15) is 19.3 Å². The summed E-state index contributed by atoms with van der Waals surface area (Å²) < 4.78 is 0. The molecule has 0 saturated heterocycles. The van der Waals surface area contributed by atoms with Crippen LogP contribution in [0.3, 0.4) is 0 Å². The summed E-state index contributed by atoms with van der Waals surface area (Å²) in [5.41, 5.74) is 5.69. The van der Waals surface area contributed by atoms with E-state index in [0.29, 0.717) is 6.04 Å². The second-order valence-electron chi connectivity index (χ2n) is 2.95. The fraction of sp³-hybridized carbons (Fsp3) is 0.857. The fourth-order valence-electron chi connectivity index (χ4n) is 1.35. The van der Waals surface area contributed by atoms with Gasteiger partial charge in [-0.15, -0.1) is 0 Å². The largest absolute Gasteiger partial charge is 0.330 e. The van der Waals surface area contributed by atoms with E-state index in [1.165, 1.54) is 6.42 Å². The van der Waals surface area contributed by atoms with Crippen LogP contribution >= 0.6 is 0 Å². The Morgan fingerprint density at radius 2 is 2.11 bits per heavy atom. The second kappa shape index (κ2) is 4.05. The van der Waals surface area contributed by atoms with Gasteiger partial charge in [0.1, 0.15) is 0 Å². The molecule has 0 bridgehead atoms. The van der Waals surface area contributed by atoms with Crippen LogP contribution in [-0.4, -0.2) is 6.04 Å². The van der Waals surface area contributed by atoms with E-state index in [1.54, 1.807) is 5.92 Å². The van der Waals surface area contributed by atoms with Crippen LogP contribution in [0, 0.1) is 11.8 Å². The van der Waals surface area contributed by atoms with Crippen molar-refractivity contribution in [2.75, 3.05) is 0 Å². The Labute approximate surface area is 82.6 Å². The molecular weight excluding hydrogens is 187 g/mol. The number of rotatable bonds is 0. The molecule has 1 rings (SSSR count). The maximum absolute atomic E-state index is 5.69. The minimum absolute atomic E-state index is 0. The van der Waals surface area contributed by atoms with Gasteiger partial charge in [-0.25, -0.2) is 0 Å². The van der Waals surface area contributed by atoms with Gasteiger partial charge in [-0.1, -0.05) is 13.3 Å². The average molecular weight is 201 g/mol. The van der Waals surface area contributed by atoms with Gasteiger partial charge in [0.05, 0.1) is 0 Å². The fourth-order valence-corrected chi connectivity index (χ4v) is 1.35. The number of hydrogen-bond acceptors (Lipinski definition) is 1. The van der Waals surface area contributed by atoms with Crippen LogP contribution in [-0.2, 0) is 32.7 Å². The van der Waals surface area contributed by atoms with Gasteiger partial charge in [0, 0.05) is 32.7 Å². The maximum Gasteiger partial charge on any atom is 0 e. The molecule has 2 atom stereocenters. The van der Waals surface area contributed by atoms with E-state index < -0.39 is 0 Å². The summed E-state index contributed by atoms with van der Waals surface area (Å²) in [5.74, 6) is 2.36. The van der Waals surface area contributed by atoms with E-state index in [1.807, 2.05) is 0 Å². The summed E-state index contributed by atoms with van der Waals surface area (Å²) in [7, 11) is 0. The molecule has 2 heteroatoms. The van der Waals surface area contributed by atoms with Crippen LogP contribution in [0.1, 0.15) is 26.7 Å². The molecule has 1 nitrogen and oxygen atoms in total. The van der Waals surface area contributed by atoms with Crippen molar-refractivity contribution < 1.29 is 32.7 Å². The van der Waals surface area contributed by atoms with Gasteiger partial charge >= 0.3 is 0 Å². The summed E-state index contributed by atoms with van der Waals surface area (Å²) in [6, 6.07) is 0.463. The summed E-state index contributed by atoms with van der Waals surface area (Å²) in [6.07, 6.45) is 2.35. The third kappa shape index (κ3) is 2.65. The standard InChI is InChI=1S/C7H14N.Y/c1-5-3-7(8)4-6(5)2;/h5,7H,3-4,8H2,1-2H3;/q-1;. The van der Waals surface area contributed by atoms with Crippen LogP contribution in [0.25, 0.3) is 0 Å². The normalized spacial score (nSPS) is 36.3. The molecule has 1 aliphatic carbocycles. The van der Waals surface area contributed by atoms with Crippen molar-refractivity contribution in [3.05, 3.63) is 5.92 Å². The summed E-state index contributed by atoms with van der Waals surface area (Å²) in [5, 5.41) is 0. The summed E-state index contributed by atoms with van der Waals surface area (Å²) in [6.45, 7) is 4.46. The summed E-state index contributed by atoms with van der Waals surface area (Å²) in [4.78, 5) is 0. The molecule has 0 aromatic heterocycles. The molecular formula is C7H14NY-. The predicted molar refractivity (Wildman–Crippen MR) is 35.3 cm³/mol. The minimum Gasteiger partial charge on any atom is -0.330 e. The molecule has 9 heavy (non-hydrogen) atoms. The Kier molecular flexibility index (Phi) is 4.53. The molecule has 1 radical (unpaired) electrons. The van der Waals surface area contributed by atoms with Crippen LogP contribution in [0.5, 0.6) is 0 Å². The zero-order chi connectivity index (χ0) is 6.15. The molecule has 1 aliphatic rings. The molecule has 1 fully saturated rings. The van der Waals surface area contributed by atoms with Crippen LogP contribution in [0.15, 0.2) is 0 Å². The molecule has 0 amide bonds. The third-order valence-electron chi connectivity index (χ3n) is 2.08. The van der Waals surface area contributed by atoms with Gasteiger partial charge in [0.25, 0.3) is 0 Å². The Hall–Kier alpha value is 1.06. The minimum atomic E-state index is 0. The second-order valence-corrected chi connectivity index (χ2v) is 2.95. The Morgan fingerprint density at radius 3 is 2.22 bits per heavy atom. The van der Waals surface area contributed by atoms with Gasteiger partial charge < -0.3 is 11.7 Å². The van der Waals surface area contributed by atoms with E-state index >= 15 is 0 Å². The van der Waals surface area contributed by atoms with Crippen molar-refractivity contribution >= 4 is 0 Å². The molecule has 2 unspecified atom stereocenters. The van der Waals surface area contributed by atoms with Crippen LogP contribution in [0.4, 0.5) is 0 Å². The first-order valence-electron chi connectivity index (χ1n) is 3.28. The first kappa shape index (κ1) is 10.1. The van der Waals surface area contributed by atoms with Crippen molar-refractivity contribution in [2.24, 2.45) is 11.7 Å². The molecule has 0 aliphatic heterocycles. The van der Waals surface area contributed by atoms with Gasteiger partial charge in [-0.05, 0) is 6.04 Å². The molecule has 0 aromatic carbocycles. The Bertz CT molecular complexity index is 75.0.